The molecule has 25 nitrogen and oxygen atoms in total. The van der Waals surface area contributed by atoms with Gasteiger partial charge in [0.2, 0.25) is 5.91 Å². The number of nitrogens with zero attached hydrogens (tertiary/aromatic N) is 1. The minimum Gasteiger partial charge on any atom is -0.394 e. The average Bonchev–Trinajstić information content (AvgIpc) is 3.56. The fourth-order valence-corrected chi connectivity index (χ4v) is 2.14. The molecule has 1 heterocycles. The normalized spacial score (nSPS) is 7.14. The fourth-order valence-electron chi connectivity index (χ4n) is 2.14. The molecule has 578 valence electrons. The van der Waals surface area contributed by atoms with Crippen molar-refractivity contribution in [1.82, 2.24) is 54.1 Å². The Morgan fingerprint density at radius 3 is 0.593 bits per heavy atom. The van der Waals surface area contributed by atoms with E-state index < -0.39 is 0 Å². The van der Waals surface area contributed by atoms with Crippen LogP contribution in [0.15, 0.2) is 30.3 Å². The summed E-state index contributed by atoms with van der Waals surface area (Å²) in [5.41, 5.74) is 14.9. The summed E-state index contributed by atoms with van der Waals surface area (Å²) in [4.78, 5) is 101. The van der Waals surface area contributed by atoms with E-state index in [1.54, 1.807) is 20.8 Å². The lowest BCUT2D eigenvalue weighted by Crippen LogP contribution is -2.33. The number of piperidine rings is 1. The second kappa shape index (κ2) is 342. The molecule has 0 saturated carbocycles. The molecular weight excluding hydrogens is 1170 g/mol. The van der Waals surface area contributed by atoms with E-state index in [0.29, 0.717) is 0 Å². The number of amides is 1. The van der Waals surface area contributed by atoms with Gasteiger partial charge in [-0.05, 0) is 102 Å². The van der Waals surface area contributed by atoms with Crippen molar-refractivity contribution < 1.29 is 62.6 Å². The molecule has 0 aromatic heterocycles. The summed E-state index contributed by atoms with van der Waals surface area (Å²) in [5, 5.41) is 8.06. The summed E-state index contributed by atoms with van der Waals surface area (Å²) in [7, 11) is 4.50. The molecule has 25 heteroatoms. The highest BCUT2D eigenvalue weighted by Gasteiger charge is 2.11. The lowest BCUT2D eigenvalue weighted by Gasteiger charge is -2.24. The predicted molar refractivity (Wildman–Crippen MR) is 412 cm³/mol. The molecule has 1 aliphatic rings. The van der Waals surface area contributed by atoms with E-state index in [4.69, 9.17) is 57.8 Å². The number of benzene rings is 1. The number of carbonyl (C=O) groups excluding carboxylic acids is 12. The van der Waals surface area contributed by atoms with Gasteiger partial charge in [-0.25, -0.2) is 0 Å². The Balaban J connectivity index is -0.0000000145. The van der Waals surface area contributed by atoms with Gasteiger partial charge in [-0.3, -0.25) is 4.79 Å². The van der Waals surface area contributed by atoms with Crippen LogP contribution >= 0.6 is 0 Å². The van der Waals surface area contributed by atoms with Crippen LogP contribution in [0, 0.1) is 35.5 Å². The summed E-state index contributed by atoms with van der Waals surface area (Å²) in [6.45, 7) is 79.0. The summed E-state index contributed by atoms with van der Waals surface area (Å²) in [6.07, 6.45) is 12.5. The summed E-state index contributed by atoms with van der Waals surface area (Å²) >= 11 is 0. The molecule has 0 unspecified atom stereocenters. The number of aliphatic hydroxyl groups is 1. The standard InChI is InChI=1S/C9H12.C7H13NO.5C5H12.C4H10.C3H8O.2C2H6.3CH5N.11CH2O.8H3N/c1-2-6-9-7-4-3-5-8-9;1-7(9)8-5-3-2-4-6-8;5*1-4-5(2)3;1-4(2)3;1-3(2)4;16*1-2;;;;;;;;/h3-5,7-8H,2,6H2,1H3;2-6H2,1H3;5*5H,4H2,1-3H3;4H,1-3H3;3-4H,1-2H3;2*1-2H3;3*2H2,1H3;11*1H2;8*1H3. The van der Waals surface area contributed by atoms with Crippen molar-refractivity contribution in [3.05, 3.63) is 35.9 Å². The molecule has 1 aliphatic heterocycles. The van der Waals surface area contributed by atoms with E-state index in [1.165, 1.54) is 90.9 Å². The quantitative estimate of drug-likeness (QED) is 0.121. The zero-order valence-corrected chi connectivity index (χ0v) is 66.4. The van der Waals surface area contributed by atoms with Gasteiger partial charge in [0.25, 0.3) is 0 Å². The third-order valence-electron chi connectivity index (χ3n) is 7.27. The Labute approximate surface area is 568 Å². The molecule has 0 spiro atoms. The van der Waals surface area contributed by atoms with Gasteiger partial charge >= 0.3 is 0 Å². The number of aliphatic hydroxyl groups excluding tert-OH is 1. The zero-order chi connectivity index (χ0) is 73.8. The van der Waals surface area contributed by atoms with E-state index in [9.17, 15) is 4.79 Å². The maximum Gasteiger partial charge on any atom is 0.219 e. The first-order chi connectivity index (χ1) is 39.6. The van der Waals surface area contributed by atoms with Gasteiger partial charge in [0.15, 0.2) is 0 Å². The topological polar surface area (TPSA) is 586 Å². The number of hydrogen-bond acceptors (Lipinski definition) is 24. The SMILES string of the molecule is C=O.C=O.C=O.C=O.C=O.C=O.C=O.C=O.C=O.C=O.C=O.CC.CC.CC(=O)N1CCCCC1.CC(C)C.CC(C)O.CCC(C)C.CCC(C)C.CCC(C)C.CCC(C)C.CCC(C)C.CCCc1ccccc1.CN.CN.CN.N.N.N.N.N.N.N.N. The Kier molecular flexibility index (Phi) is 772. The average molecular weight is 1350 g/mol. The van der Waals surface area contributed by atoms with E-state index in [2.05, 4.69) is 179 Å². The zero-order valence-electron chi connectivity index (χ0n) is 66.4. The van der Waals surface area contributed by atoms with E-state index in [1.807, 2.05) is 107 Å². The molecule has 91 heavy (non-hydrogen) atoms. The van der Waals surface area contributed by atoms with Crippen LogP contribution in [0.2, 0.25) is 0 Å². The van der Waals surface area contributed by atoms with Gasteiger partial charge in [0, 0.05) is 26.1 Å². The van der Waals surface area contributed by atoms with Crippen LogP contribution in [-0.2, 0) is 64.0 Å². The Morgan fingerprint density at radius 1 is 0.374 bits per heavy atom. The molecule has 1 fully saturated rings. The molecule has 1 amide bonds. The van der Waals surface area contributed by atoms with Gasteiger partial charge in [0.1, 0.15) is 74.7 Å². The lowest BCUT2D eigenvalue weighted by molar-refractivity contribution is -0.129. The fraction of sp³-hybridized carbons (Fsp3) is 0.727. The van der Waals surface area contributed by atoms with Crippen LogP contribution < -0.4 is 66.4 Å². The van der Waals surface area contributed by atoms with Gasteiger partial charge < -0.3 is 129 Å². The molecule has 1 aromatic rings. The van der Waals surface area contributed by atoms with Crippen LogP contribution in [0.1, 0.15) is 243 Å². The number of aryl methyl sites for hydroxylation is 1. The van der Waals surface area contributed by atoms with Gasteiger partial charge in [-0.1, -0.05) is 228 Å². The molecule has 0 bridgehead atoms. The number of hydrogen-bond donors (Lipinski definition) is 12. The first kappa shape index (κ1) is 206. The first-order valence-corrected chi connectivity index (χ1v) is 28.4. The number of carbonyl (C=O) groups is 12. The molecule has 31 N–H and O–H groups in total. The van der Waals surface area contributed by atoms with Crippen LogP contribution in [0.3, 0.4) is 0 Å². The van der Waals surface area contributed by atoms with E-state index in [-0.39, 0.29) is 61.2 Å². The minimum atomic E-state index is -0.167. The summed E-state index contributed by atoms with van der Waals surface area (Å²) in [5.74, 6) is 5.49. The Morgan fingerprint density at radius 2 is 0.505 bits per heavy atom. The Bertz CT molecular complexity index is 838. The van der Waals surface area contributed by atoms with Crippen molar-refractivity contribution in [1.29, 1.82) is 0 Å². The highest BCUT2D eigenvalue weighted by Crippen LogP contribution is 2.07. The number of likely N-dealkylation sites (tertiary alicyclic amines) is 1. The molecular formula is C66H176N12O13. The van der Waals surface area contributed by atoms with Crippen LogP contribution in [0.5, 0.6) is 0 Å². The van der Waals surface area contributed by atoms with E-state index >= 15 is 0 Å². The van der Waals surface area contributed by atoms with Crippen molar-refractivity contribution in [2.75, 3.05) is 34.2 Å². The number of rotatable bonds is 7. The summed E-state index contributed by atoms with van der Waals surface area (Å²) in [6, 6.07) is 10.6. The van der Waals surface area contributed by atoms with Gasteiger partial charge in [-0.15, -0.1) is 0 Å². The maximum absolute atomic E-state index is 10.7. The maximum atomic E-state index is 10.7. The highest BCUT2D eigenvalue weighted by atomic mass is 16.3. The molecule has 0 atom stereocenters. The Hall–Kier alpha value is -5.42. The van der Waals surface area contributed by atoms with Crippen LogP contribution in [0.4, 0.5) is 0 Å². The molecule has 1 saturated heterocycles. The van der Waals surface area contributed by atoms with Gasteiger partial charge in [0.05, 0.1) is 0 Å². The monoisotopic (exact) mass is 1350 g/mol. The lowest BCUT2D eigenvalue weighted by atomic mass is 10.1. The second-order valence-corrected chi connectivity index (χ2v) is 16.6. The highest BCUT2D eigenvalue weighted by molar-refractivity contribution is 5.73. The largest absolute Gasteiger partial charge is 0.394 e. The second-order valence-electron chi connectivity index (χ2n) is 16.6. The third kappa shape index (κ3) is 758. The van der Waals surface area contributed by atoms with E-state index in [0.717, 1.165) is 48.6 Å². The first-order valence-electron chi connectivity index (χ1n) is 28.4. The minimum absolute atomic E-state index is 0. The van der Waals surface area contributed by atoms with Crippen molar-refractivity contribution >= 4 is 80.6 Å². The number of nitrogens with two attached hydrogens (primary N) is 3. The van der Waals surface area contributed by atoms with Crippen molar-refractivity contribution in [2.24, 2.45) is 52.7 Å². The third-order valence-corrected chi connectivity index (χ3v) is 7.27. The smallest absolute Gasteiger partial charge is 0.219 e. The molecule has 0 radical (unpaired) electrons. The molecule has 2 rings (SSSR count). The summed E-state index contributed by atoms with van der Waals surface area (Å²) < 4.78 is 0. The van der Waals surface area contributed by atoms with Crippen molar-refractivity contribution in [2.45, 2.75) is 250 Å². The van der Waals surface area contributed by atoms with Crippen LogP contribution in [0.25, 0.3) is 0 Å². The van der Waals surface area contributed by atoms with Crippen molar-refractivity contribution in [3.63, 3.8) is 0 Å². The molecule has 1 aromatic carbocycles. The molecule has 0 aliphatic carbocycles. The van der Waals surface area contributed by atoms with Gasteiger partial charge in [-0.2, -0.15) is 0 Å². The van der Waals surface area contributed by atoms with Crippen molar-refractivity contribution in [3.8, 4) is 0 Å². The van der Waals surface area contributed by atoms with Crippen LogP contribution in [-0.4, -0.2) is 131 Å². The predicted octanol–water partition coefficient (Wildman–Crippen LogP) is 16.0.